The molecular formula is C11H10BrF3O. The molecule has 0 bridgehead atoms. The molecule has 2 rings (SSSR count). The Morgan fingerprint density at radius 2 is 1.88 bits per heavy atom. The smallest absolute Gasteiger partial charge is 0.385 e. The van der Waals surface area contributed by atoms with E-state index in [1.807, 2.05) is 0 Å². The standard InChI is InChI=1S/C11H10BrF3O/c12-7-2-3-8(10(16)4-1-5-10)9(6-7)11(13,14)15/h2-3,6,16H,1,4-5H2. The molecule has 0 heterocycles. The molecule has 5 heteroatoms. The molecule has 0 aliphatic heterocycles. The summed E-state index contributed by atoms with van der Waals surface area (Å²) < 4.78 is 38.7. The van der Waals surface area contributed by atoms with Crippen LogP contribution < -0.4 is 0 Å². The van der Waals surface area contributed by atoms with Crippen LogP contribution in [0.25, 0.3) is 0 Å². The topological polar surface area (TPSA) is 20.2 Å². The molecular weight excluding hydrogens is 285 g/mol. The monoisotopic (exact) mass is 294 g/mol. The third-order valence-electron chi connectivity index (χ3n) is 2.97. The molecule has 0 unspecified atom stereocenters. The van der Waals surface area contributed by atoms with E-state index in [4.69, 9.17) is 0 Å². The lowest BCUT2D eigenvalue weighted by Crippen LogP contribution is -2.35. The lowest BCUT2D eigenvalue weighted by molar-refractivity contribution is -0.143. The van der Waals surface area contributed by atoms with E-state index in [-0.39, 0.29) is 5.56 Å². The highest BCUT2D eigenvalue weighted by Crippen LogP contribution is 2.46. The maximum Gasteiger partial charge on any atom is 0.416 e. The lowest BCUT2D eigenvalue weighted by atomic mass is 9.73. The van der Waals surface area contributed by atoms with E-state index < -0.39 is 17.3 Å². The van der Waals surface area contributed by atoms with E-state index >= 15 is 0 Å². The Bertz CT molecular complexity index is 410. The van der Waals surface area contributed by atoms with Crippen molar-refractivity contribution in [2.45, 2.75) is 31.0 Å². The quantitative estimate of drug-likeness (QED) is 0.834. The van der Waals surface area contributed by atoms with E-state index in [1.54, 1.807) is 0 Å². The average Bonchev–Trinajstić information content (AvgIpc) is 2.13. The van der Waals surface area contributed by atoms with Gasteiger partial charge in [0.15, 0.2) is 0 Å². The fraction of sp³-hybridized carbons (Fsp3) is 0.455. The zero-order chi connectivity index (χ0) is 12.0. The van der Waals surface area contributed by atoms with E-state index in [1.165, 1.54) is 12.1 Å². The van der Waals surface area contributed by atoms with Gasteiger partial charge in [0.05, 0.1) is 11.2 Å². The van der Waals surface area contributed by atoms with Crippen LogP contribution in [0.15, 0.2) is 22.7 Å². The third-order valence-corrected chi connectivity index (χ3v) is 3.46. The van der Waals surface area contributed by atoms with Crippen LogP contribution in [0.2, 0.25) is 0 Å². The fourth-order valence-electron chi connectivity index (χ4n) is 1.94. The molecule has 1 aliphatic rings. The van der Waals surface area contributed by atoms with Crippen molar-refractivity contribution in [1.82, 2.24) is 0 Å². The summed E-state index contributed by atoms with van der Waals surface area (Å²) in [7, 11) is 0. The van der Waals surface area contributed by atoms with E-state index in [9.17, 15) is 18.3 Å². The molecule has 0 amide bonds. The van der Waals surface area contributed by atoms with Gasteiger partial charge in [0.2, 0.25) is 0 Å². The highest BCUT2D eigenvalue weighted by atomic mass is 79.9. The minimum absolute atomic E-state index is 0.00514. The number of hydrogen-bond donors (Lipinski definition) is 1. The lowest BCUT2D eigenvalue weighted by Gasteiger charge is -2.38. The number of benzene rings is 1. The van der Waals surface area contributed by atoms with E-state index in [2.05, 4.69) is 15.9 Å². The largest absolute Gasteiger partial charge is 0.416 e. The summed E-state index contributed by atoms with van der Waals surface area (Å²) >= 11 is 3.01. The second-order valence-electron chi connectivity index (χ2n) is 4.07. The predicted molar refractivity (Wildman–Crippen MR) is 56.9 cm³/mol. The molecule has 0 atom stereocenters. The van der Waals surface area contributed by atoms with Crippen LogP contribution in [0.4, 0.5) is 13.2 Å². The summed E-state index contributed by atoms with van der Waals surface area (Å²) in [6.07, 6.45) is -2.86. The molecule has 0 saturated heterocycles. The maximum atomic E-state index is 12.8. The summed E-state index contributed by atoms with van der Waals surface area (Å²) in [6, 6.07) is 3.90. The third kappa shape index (κ3) is 1.98. The van der Waals surface area contributed by atoms with Crippen LogP contribution in [-0.4, -0.2) is 5.11 Å². The summed E-state index contributed by atoms with van der Waals surface area (Å²) in [6.45, 7) is 0. The molecule has 1 aromatic carbocycles. The summed E-state index contributed by atoms with van der Waals surface area (Å²) in [5, 5.41) is 10.0. The normalized spacial score (nSPS) is 19.3. The Morgan fingerprint density at radius 1 is 1.25 bits per heavy atom. The number of alkyl halides is 3. The highest BCUT2D eigenvalue weighted by Gasteiger charge is 2.43. The summed E-state index contributed by atoms with van der Waals surface area (Å²) in [4.78, 5) is 0. The SMILES string of the molecule is OC1(c2ccc(Br)cc2C(F)(F)F)CCC1. The van der Waals surface area contributed by atoms with Gasteiger partial charge < -0.3 is 5.11 Å². The van der Waals surface area contributed by atoms with Crippen molar-refractivity contribution >= 4 is 15.9 Å². The van der Waals surface area contributed by atoms with Gasteiger partial charge in [-0.1, -0.05) is 22.0 Å². The van der Waals surface area contributed by atoms with Crippen molar-refractivity contribution in [2.75, 3.05) is 0 Å². The number of rotatable bonds is 1. The number of aliphatic hydroxyl groups is 1. The summed E-state index contributed by atoms with van der Waals surface area (Å²) in [5.74, 6) is 0. The van der Waals surface area contributed by atoms with Gasteiger partial charge in [0, 0.05) is 4.47 Å². The first kappa shape index (κ1) is 11.9. The Balaban J connectivity index is 2.52. The van der Waals surface area contributed by atoms with Gasteiger partial charge >= 0.3 is 6.18 Å². The minimum Gasteiger partial charge on any atom is -0.385 e. The van der Waals surface area contributed by atoms with Crippen LogP contribution in [-0.2, 0) is 11.8 Å². The Kier molecular flexibility index (Phi) is 2.78. The van der Waals surface area contributed by atoms with Crippen molar-refractivity contribution in [3.8, 4) is 0 Å². The molecule has 0 aromatic heterocycles. The zero-order valence-electron chi connectivity index (χ0n) is 8.31. The van der Waals surface area contributed by atoms with Gasteiger partial charge in [0.25, 0.3) is 0 Å². The molecule has 1 fully saturated rings. The highest BCUT2D eigenvalue weighted by molar-refractivity contribution is 9.10. The molecule has 0 radical (unpaired) electrons. The van der Waals surface area contributed by atoms with Crippen LogP contribution in [0.1, 0.15) is 30.4 Å². The van der Waals surface area contributed by atoms with Gasteiger partial charge in [-0.3, -0.25) is 0 Å². The van der Waals surface area contributed by atoms with Gasteiger partial charge in [0.1, 0.15) is 0 Å². The molecule has 1 nitrogen and oxygen atoms in total. The van der Waals surface area contributed by atoms with Gasteiger partial charge in [-0.15, -0.1) is 0 Å². The number of halogens is 4. The molecule has 1 N–H and O–H groups in total. The van der Waals surface area contributed by atoms with Crippen LogP contribution in [0.5, 0.6) is 0 Å². The van der Waals surface area contributed by atoms with Gasteiger partial charge in [-0.05, 0) is 37.0 Å². The van der Waals surface area contributed by atoms with E-state index in [0.29, 0.717) is 17.3 Å². The molecule has 1 aliphatic carbocycles. The predicted octanol–water partition coefficient (Wildman–Crippen LogP) is 3.84. The molecule has 1 aromatic rings. The minimum atomic E-state index is -4.43. The second-order valence-corrected chi connectivity index (χ2v) is 4.99. The fourth-order valence-corrected chi connectivity index (χ4v) is 2.30. The van der Waals surface area contributed by atoms with Crippen molar-refractivity contribution in [1.29, 1.82) is 0 Å². The average molecular weight is 295 g/mol. The molecule has 1 saturated carbocycles. The van der Waals surface area contributed by atoms with Crippen LogP contribution in [0, 0.1) is 0 Å². The van der Waals surface area contributed by atoms with Crippen LogP contribution >= 0.6 is 15.9 Å². The second kappa shape index (κ2) is 3.74. The van der Waals surface area contributed by atoms with Crippen LogP contribution in [0.3, 0.4) is 0 Å². The molecule has 16 heavy (non-hydrogen) atoms. The first-order chi connectivity index (χ1) is 7.33. The molecule has 0 spiro atoms. The first-order valence-corrected chi connectivity index (χ1v) is 5.72. The van der Waals surface area contributed by atoms with Crippen molar-refractivity contribution in [3.63, 3.8) is 0 Å². The first-order valence-electron chi connectivity index (χ1n) is 4.92. The summed E-state index contributed by atoms with van der Waals surface area (Å²) in [5.41, 5.74) is -2.04. The Hall–Kier alpha value is -0.550. The Morgan fingerprint density at radius 3 is 2.31 bits per heavy atom. The van der Waals surface area contributed by atoms with E-state index in [0.717, 1.165) is 12.5 Å². The Labute approximate surface area is 99.4 Å². The van der Waals surface area contributed by atoms with Gasteiger partial charge in [-0.2, -0.15) is 13.2 Å². The molecule has 88 valence electrons. The van der Waals surface area contributed by atoms with Crippen molar-refractivity contribution < 1.29 is 18.3 Å². The van der Waals surface area contributed by atoms with Gasteiger partial charge in [-0.25, -0.2) is 0 Å². The number of hydrogen-bond acceptors (Lipinski definition) is 1. The maximum absolute atomic E-state index is 12.8. The van der Waals surface area contributed by atoms with Crippen molar-refractivity contribution in [3.05, 3.63) is 33.8 Å². The zero-order valence-corrected chi connectivity index (χ0v) is 9.90. The van der Waals surface area contributed by atoms with Crippen molar-refractivity contribution in [2.24, 2.45) is 0 Å².